The number of rotatable bonds is 9. The molecule has 0 radical (unpaired) electrons. The Balaban J connectivity index is 1.87. The van der Waals surface area contributed by atoms with E-state index in [1.807, 2.05) is 60.7 Å². The molecule has 0 saturated carbocycles. The van der Waals surface area contributed by atoms with E-state index in [4.69, 9.17) is 5.11 Å². The second-order valence-corrected chi connectivity index (χ2v) is 7.43. The summed E-state index contributed by atoms with van der Waals surface area (Å²) in [4.78, 5) is 38.3. The van der Waals surface area contributed by atoms with Gasteiger partial charge in [0.2, 0.25) is 11.8 Å². The normalized spacial score (nSPS) is 11.1. The average Bonchev–Trinajstić information content (AvgIpc) is 2.81. The van der Waals surface area contributed by atoms with Crippen LogP contribution in [0.3, 0.4) is 0 Å². The largest absolute Gasteiger partial charge is 0.481 e. The predicted molar refractivity (Wildman–Crippen MR) is 124 cm³/mol. The summed E-state index contributed by atoms with van der Waals surface area (Å²) in [5.74, 6) is -1.73. The number of imide groups is 1. The zero-order chi connectivity index (χ0) is 23.6. The summed E-state index contributed by atoms with van der Waals surface area (Å²) >= 11 is 0. The van der Waals surface area contributed by atoms with Crippen LogP contribution in [0.5, 0.6) is 0 Å². The molecule has 0 spiro atoms. The molecule has 0 bridgehead atoms. The first-order chi connectivity index (χ1) is 16.0. The van der Waals surface area contributed by atoms with E-state index in [0.717, 1.165) is 16.0 Å². The van der Waals surface area contributed by atoms with E-state index >= 15 is 0 Å². The Hall–Kier alpha value is -4.26. The lowest BCUT2D eigenvalue weighted by Crippen LogP contribution is -2.39. The Morgan fingerprint density at radius 1 is 0.697 bits per heavy atom. The van der Waals surface area contributed by atoms with Gasteiger partial charge >= 0.3 is 5.97 Å². The standard InChI is InChI=1S/C26H24N2O5/c29-24(17-19-7-3-1-4-8-19)28(25(30)18-20-9-5-2-6-10-20)22-13-11-21(12-14-22)23(27-33)15-16-26(31)32/h1-14,33H,15-18H2,(H,31,32)/b27-23+. The second-order valence-electron chi connectivity index (χ2n) is 7.43. The number of hydrogen-bond donors (Lipinski definition) is 2. The van der Waals surface area contributed by atoms with Gasteiger partial charge in [-0.2, -0.15) is 0 Å². The lowest BCUT2D eigenvalue weighted by atomic mass is 10.0. The minimum atomic E-state index is -1.00. The van der Waals surface area contributed by atoms with Crippen LogP contribution in [-0.4, -0.2) is 33.8 Å². The minimum Gasteiger partial charge on any atom is -0.481 e. The number of benzene rings is 3. The Morgan fingerprint density at radius 3 is 1.61 bits per heavy atom. The number of anilines is 1. The molecule has 2 N–H and O–H groups in total. The van der Waals surface area contributed by atoms with Crippen molar-refractivity contribution in [3.05, 3.63) is 102 Å². The molecule has 0 aliphatic heterocycles. The van der Waals surface area contributed by atoms with Gasteiger partial charge in [-0.15, -0.1) is 0 Å². The summed E-state index contributed by atoms with van der Waals surface area (Å²) in [6, 6.07) is 24.7. The number of aliphatic carboxylic acids is 1. The van der Waals surface area contributed by atoms with Crippen LogP contribution in [0.25, 0.3) is 0 Å². The first-order valence-electron chi connectivity index (χ1n) is 10.4. The molecule has 0 aliphatic carbocycles. The van der Waals surface area contributed by atoms with Crippen LogP contribution < -0.4 is 4.90 Å². The monoisotopic (exact) mass is 444 g/mol. The zero-order valence-electron chi connectivity index (χ0n) is 17.9. The number of hydrogen-bond acceptors (Lipinski definition) is 5. The second kappa shape index (κ2) is 11.4. The third-order valence-electron chi connectivity index (χ3n) is 5.05. The number of carboxylic acids is 1. The molecule has 0 aliphatic rings. The first kappa shape index (κ1) is 23.4. The number of nitrogens with zero attached hydrogens (tertiary/aromatic N) is 2. The van der Waals surface area contributed by atoms with Gasteiger partial charge in [-0.1, -0.05) is 78.0 Å². The lowest BCUT2D eigenvalue weighted by molar-refractivity contribution is -0.137. The molecule has 2 amide bonds. The van der Waals surface area contributed by atoms with Crippen molar-refractivity contribution in [3.8, 4) is 0 Å². The van der Waals surface area contributed by atoms with Crippen LogP contribution in [0.4, 0.5) is 5.69 Å². The van der Waals surface area contributed by atoms with Gasteiger partial charge in [0.25, 0.3) is 0 Å². The summed E-state index contributed by atoms with van der Waals surface area (Å²) in [6.45, 7) is 0. The molecule has 7 heteroatoms. The van der Waals surface area contributed by atoms with E-state index in [-0.39, 0.29) is 43.2 Å². The van der Waals surface area contributed by atoms with Crippen molar-refractivity contribution in [1.82, 2.24) is 0 Å². The molecule has 33 heavy (non-hydrogen) atoms. The van der Waals surface area contributed by atoms with Crippen molar-refractivity contribution < 1.29 is 24.7 Å². The molecule has 168 valence electrons. The van der Waals surface area contributed by atoms with Crippen LogP contribution in [0, 0.1) is 0 Å². The molecule has 0 saturated heterocycles. The molecule has 0 aromatic heterocycles. The van der Waals surface area contributed by atoms with E-state index in [2.05, 4.69) is 5.16 Å². The van der Waals surface area contributed by atoms with E-state index < -0.39 is 5.97 Å². The van der Waals surface area contributed by atoms with E-state index in [1.165, 1.54) is 0 Å². The topological polar surface area (TPSA) is 107 Å². The number of oxime groups is 1. The number of carboxylic acid groups (broad SMARTS) is 1. The molecule has 0 fully saturated rings. The van der Waals surface area contributed by atoms with Gasteiger partial charge in [0.15, 0.2) is 0 Å². The number of amides is 2. The van der Waals surface area contributed by atoms with Crippen LogP contribution in [0.15, 0.2) is 90.1 Å². The molecule has 0 unspecified atom stereocenters. The van der Waals surface area contributed by atoms with Crippen molar-refractivity contribution in [1.29, 1.82) is 0 Å². The highest BCUT2D eigenvalue weighted by molar-refractivity contribution is 6.16. The highest BCUT2D eigenvalue weighted by Gasteiger charge is 2.24. The Labute approximate surface area is 191 Å². The quantitative estimate of drug-likeness (QED) is 0.294. The molecule has 0 atom stereocenters. The van der Waals surface area contributed by atoms with Crippen LogP contribution in [0.2, 0.25) is 0 Å². The van der Waals surface area contributed by atoms with Gasteiger partial charge in [0.1, 0.15) is 0 Å². The SMILES string of the molecule is O=C(O)CC/C(=N\O)c1ccc(N(C(=O)Cc2ccccc2)C(=O)Cc2ccccc2)cc1. The minimum absolute atomic E-state index is 0.0504. The third kappa shape index (κ3) is 6.61. The molecule has 0 heterocycles. The van der Waals surface area contributed by atoms with Gasteiger partial charge < -0.3 is 10.3 Å². The van der Waals surface area contributed by atoms with Gasteiger partial charge in [-0.05, 0) is 28.8 Å². The molecule has 3 rings (SSSR count). The predicted octanol–water partition coefficient (Wildman–Crippen LogP) is 4.07. The third-order valence-corrected chi connectivity index (χ3v) is 5.05. The fourth-order valence-electron chi connectivity index (χ4n) is 3.41. The molecule has 3 aromatic rings. The smallest absolute Gasteiger partial charge is 0.303 e. The van der Waals surface area contributed by atoms with Gasteiger partial charge in [-0.25, -0.2) is 0 Å². The Bertz CT molecular complexity index is 1070. The maximum absolute atomic E-state index is 13.2. The average molecular weight is 444 g/mol. The molecular formula is C26H24N2O5. The van der Waals surface area contributed by atoms with Gasteiger partial charge in [0, 0.05) is 6.42 Å². The van der Waals surface area contributed by atoms with E-state index in [0.29, 0.717) is 11.3 Å². The fourth-order valence-corrected chi connectivity index (χ4v) is 3.41. The fraction of sp³-hybridized carbons (Fsp3) is 0.154. The maximum Gasteiger partial charge on any atom is 0.303 e. The van der Waals surface area contributed by atoms with Gasteiger partial charge in [-0.3, -0.25) is 19.3 Å². The van der Waals surface area contributed by atoms with E-state index in [1.54, 1.807) is 24.3 Å². The van der Waals surface area contributed by atoms with Crippen LogP contribution in [0.1, 0.15) is 29.5 Å². The Kier molecular flexibility index (Phi) is 8.07. The zero-order valence-corrected chi connectivity index (χ0v) is 17.9. The summed E-state index contributed by atoms with van der Waals surface area (Å²) in [5, 5.41) is 21.3. The molecular weight excluding hydrogens is 420 g/mol. The maximum atomic E-state index is 13.2. The van der Waals surface area contributed by atoms with Crippen molar-refractivity contribution in [3.63, 3.8) is 0 Å². The van der Waals surface area contributed by atoms with E-state index in [9.17, 15) is 19.6 Å². The summed E-state index contributed by atoms with van der Waals surface area (Å²) < 4.78 is 0. The Morgan fingerprint density at radius 2 is 1.18 bits per heavy atom. The number of carbonyl (C=O) groups excluding carboxylic acids is 2. The highest BCUT2D eigenvalue weighted by Crippen LogP contribution is 2.20. The van der Waals surface area contributed by atoms with Crippen molar-refractivity contribution in [2.45, 2.75) is 25.7 Å². The van der Waals surface area contributed by atoms with Crippen molar-refractivity contribution in [2.75, 3.05) is 4.90 Å². The van der Waals surface area contributed by atoms with Gasteiger partial charge in [0.05, 0.1) is 30.7 Å². The highest BCUT2D eigenvalue weighted by atomic mass is 16.4. The summed E-state index contributed by atoms with van der Waals surface area (Å²) in [5.41, 5.74) is 2.69. The van der Waals surface area contributed by atoms with Crippen LogP contribution >= 0.6 is 0 Å². The first-order valence-corrected chi connectivity index (χ1v) is 10.4. The summed E-state index contributed by atoms with van der Waals surface area (Å²) in [6.07, 6.45) is -0.0106. The summed E-state index contributed by atoms with van der Waals surface area (Å²) in [7, 11) is 0. The molecule has 3 aromatic carbocycles. The van der Waals surface area contributed by atoms with Crippen molar-refractivity contribution in [2.24, 2.45) is 5.16 Å². The lowest BCUT2D eigenvalue weighted by Gasteiger charge is -2.22. The molecule has 7 nitrogen and oxygen atoms in total. The van der Waals surface area contributed by atoms with Crippen molar-refractivity contribution >= 4 is 29.2 Å². The van der Waals surface area contributed by atoms with Crippen LogP contribution in [-0.2, 0) is 27.2 Å². The number of carbonyl (C=O) groups is 3.